The highest BCUT2D eigenvalue weighted by Gasteiger charge is 2.09. The van der Waals surface area contributed by atoms with Gasteiger partial charge in [0.15, 0.2) is 0 Å². The topological polar surface area (TPSA) is 84.9 Å². The van der Waals surface area contributed by atoms with Gasteiger partial charge in [-0.3, -0.25) is 0 Å². The van der Waals surface area contributed by atoms with Crippen molar-refractivity contribution in [1.29, 1.82) is 0 Å². The highest BCUT2D eigenvalue weighted by Crippen LogP contribution is 1.94. The van der Waals surface area contributed by atoms with Crippen molar-refractivity contribution in [3.8, 4) is 0 Å². The van der Waals surface area contributed by atoms with Gasteiger partial charge in [-0.1, -0.05) is 0 Å². The van der Waals surface area contributed by atoms with E-state index in [1.165, 1.54) is 4.90 Å². The lowest BCUT2D eigenvalue weighted by Crippen LogP contribution is -2.41. The normalized spacial score (nSPS) is 10.9. The number of carbonyl (C=O) groups excluding carboxylic acids is 3. The first-order valence-electron chi connectivity index (χ1n) is 7.29. The largest absolute Gasteiger partial charge is 0.462 e. The van der Waals surface area contributed by atoms with Crippen LogP contribution < -0.4 is 5.32 Å². The Bertz CT molecular complexity index is 405. The summed E-state index contributed by atoms with van der Waals surface area (Å²) in [6.07, 6.45) is 2.34. The van der Waals surface area contributed by atoms with Crippen LogP contribution in [0.3, 0.4) is 0 Å². The van der Waals surface area contributed by atoms with Crippen molar-refractivity contribution in [3.63, 3.8) is 0 Å². The summed E-state index contributed by atoms with van der Waals surface area (Å²) in [7, 11) is 1.67. The van der Waals surface area contributed by atoms with E-state index in [0.29, 0.717) is 13.0 Å². The summed E-state index contributed by atoms with van der Waals surface area (Å²) in [5.41, 5.74) is 0. The van der Waals surface area contributed by atoms with Gasteiger partial charge in [0.05, 0.1) is 12.7 Å². The summed E-state index contributed by atoms with van der Waals surface area (Å²) in [5, 5.41) is 2.76. The molecular weight excluding hydrogens is 288 g/mol. The third-order valence-electron chi connectivity index (χ3n) is 2.35. The lowest BCUT2D eigenvalue weighted by molar-refractivity contribution is -0.142. The second-order valence-corrected chi connectivity index (χ2v) is 5.37. The quantitative estimate of drug-likeness (QED) is 0.417. The van der Waals surface area contributed by atoms with Gasteiger partial charge in [0.25, 0.3) is 0 Å². The molecule has 1 N–H and O–H groups in total. The molecular formula is C15H26N2O5. The molecule has 0 radical (unpaired) electrons. The van der Waals surface area contributed by atoms with Gasteiger partial charge in [-0.05, 0) is 34.1 Å². The first-order chi connectivity index (χ1) is 10.2. The van der Waals surface area contributed by atoms with Crippen LogP contribution >= 0.6 is 0 Å². The Labute approximate surface area is 131 Å². The van der Waals surface area contributed by atoms with Gasteiger partial charge in [-0.2, -0.15) is 0 Å². The molecule has 0 aliphatic heterocycles. The average molecular weight is 314 g/mol. The molecule has 0 aromatic rings. The minimum Gasteiger partial charge on any atom is -0.462 e. The minimum absolute atomic E-state index is 0.0727. The monoisotopic (exact) mass is 314 g/mol. The summed E-state index contributed by atoms with van der Waals surface area (Å²) >= 11 is 0. The number of rotatable bonds is 8. The summed E-state index contributed by atoms with van der Waals surface area (Å²) in [5.74, 6) is -1.20. The minimum atomic E-state index is -0.616. The molecule has 0 heterocycles. The number of urea groups is 1. The Hall–Kier alpha value is -2.05. The molecule has 0 aliphatic carbocycles. The zero-order chi connectivity index (χ0) is 17.1. The highest BCUT2D eigenvalue weighted by atomic mass is 16.5. The maximum Gasteiger partial charge on any atom is 0.331 e. The molecule has 0 aromatic carbocycles. The van der Waals surface area contributed by atoms with Crippen LogP contribution in [-0.2, 0) is 19.1 Å². The predicted molar refractivity (Wildman–Crippen MR) is 82.2 cm³/mol. The van der Waals surface area contributed by atoms with E-state index < -0.39 is 11.9 Å². The molecule has 0 spiro atoms. The number of hydrogen-bond donors (Lipinski definition) is 1. The molecule has 22 heavy (non-hydrogen) atoms. The fraction of sp³-hybridized carbons (Fsp3) is 0.667. The van der Waals surface area contributed by atoms with Gasteiger partial charge < -0.3 is 19.7 Å². The zero-order valence-corrected chi connectivity index (χ0v) is 13.9. The number of nitrogens with one attached hydrogen (secondary N) is 1. The van der Waals surface area contributed by atoms with Crippen LogP contribution in [0.15, 0.2) is 12.2 Å². The predicted octanol–water partition coefficient (Wildman–Crippen LogP) is 1.48. The third-order valence-corrected chi connectivity index (χ3v) is 2.35. The first kappa shape index (κ1) is 19.9. The molecule has 7 heteroatoms. The van der Waals surface area contributed by atoms with Crippen molar-refractivity contribution in [2.75, 3.05) is 20.2 Å². The zero-order valence-electron chi connectivity index (χ0n) is 13.9. The summed E-state index contributed by atoms with van der Waals surface area (Å²) < 4.78 is 9.75. The van der Waals surface area contributed by atoms with E-state index >= 15 is 0 Å². The molecule has 0 fully saturated rings. The van der Waals surface area contributed by atoms with Crippen molar-refractivity contribution < 1.29 is 23.9 Å². The average Bonchev–Trinajstić information content (AvgIpc) is 2.39. The smallest absolute Gasteiger partial charge is 0.331 e. The Morgan fingerprint density at radius 2 is 1.68 bits per heavy atom. The number of ether oxygens (including phenoxy) is 2. The van der Waals surface area contributed by atoms with E-state index in [2.05, 4.69) is 5.32 Å². The van der Waals surface area contributed by atoms with Crippen molar-refractivity contribution in [2.24, 2.45) is 0 Å². The number of nitrogens with zero attached hydrogens (tertiary/aromatic N) is 1. The van der Waals surface area contributed by atoms with Crippen LogP contribution in [0.2, 0.25) is 0 Å². The molecule has 0 aliphatic rings. The van der Waals surface area contributed by atoms with Gasteiger partial charge in [-0.25, -0.2) is 14.4 Å². The maximum atomic E-state index is 11.6. The molecule has 0 bridgehead atoms. The second-order valence-electron chi connectivity index (χ2n) is 5.37. The van der Waals surface area contributed by atoms with E-state index in [9.17, 15) is 14.4 Å². The number of esters is 2. The van der Waals surface area contributed by atoms with E-state index in [0.717, 1.165) is 12.2 Å². The first-order valence-corrected chi connectivity index (χ1v) is 7.29. The van der Waals surface area contributed by atoms with Crippen LogP contribution in [0, 0.1) is 0 Å². The van der Waals surface area contributed by atoms with Crippen LogP contribution in [0.5, 0.6) is 0 Å². The van der Waals surface area contributed by atoms with Gasteiger partial charge in [0, 0.05) is 31.8 Å². The third kappa shape index (κ3) is 10.7. The van der Waals surface area contributed by atoms with Crippen LogP contribution in [0.1, 0.15) is 34.1 Å². The van der Waals surface area contributed by atoms with E-state index in [4.69, 9.17) is 9.47 Å². The number of amides is 2. The van der Waals surface area contributed by atoms with Gasteiger partial charge in [-0.15, -0.1) is 0 Å². The molecule has 0 rings (SSSR count). The Morgan fingerprint density at radius 1 is 1.09 bits per heavy atom. The lowest BCUT2D eigenvalue weighted by atomic mass is 10.4. The molecule has 0 aromatic heterocycles. The molecule has 0 saturated heterocycles. The molecule has 126 valence electrons. The van der Waals surface area contributed by atoms with Crippen molar-refractivity contribution >= 4 is 18.0 Å². The standard InChI is InChI=1S/C15H26N2O5/c1-11(2)16-15(20)17(5)9-6-10-21-13(18)7-8-14(19)22-12(3)4/h7-8,11-12H,6,9-10H2,1-5H3,(H,16,20)/b8-7+. The van der Waals surface area contributed by atoms with Crippen molar-refractivity contribution in [1.82, 2.24) is 10.2 Å². The van der Waals surface area contributed by atoms with Gasteiger partial charge in [0.2, 0.25) is 0 Å². The molecule has 7 nitrogen and oxygen atoms in total. The van der Waals surface area contributed by atoms with E-state index in [-0.39, 0.29) is 24.8 Å². The van der Waals surface area contributed by atoms with Crippen LogP contribution in [0.25, 0.3) is 0 Å². The van der Waals surface area contributed by atoms with Crippen molar-refractivity contribution in [2.45, 2.75) is 46.3 Å². The Morgan fingerprint density at radius 3 is 2.23 bits per heavy atom. The summed E-state index contributed by atoms with van der Waals surface area (Å²) in [4.78, 5) is 35.6. The summed E-state index contributed by atoms with van der Waals surface area (Å²) in [6, 6.07) is -0.0961. The van der Waals surface area contributed by atoms with Gasteiger partial charge >= 0.3 is 18.0 Å². The van der Waals surface area contributed by atoms with Crippen LogP contribution in [-0.4, -0.2) is 55.2 Å². The fourth-order valence-corrected chi connectivity index (χ4v) is 1.39. The van der Waals surface area contributed by atoms with Gasteiger partial charge in [0.1, 0.15) is 0 Å². The molecule has 0 atom stereocenters. The Kier molecular flexibility index (Phi) is 9.65. The molecule has 0 unspecified atom stereocenters. The Balaban J connectivity index is 3.87. The highest BCUT2D eigenvalue weighted by molar-refractivity contribution is 5.91. The molecule has 2 amide bonds. The van der Waals surface area contributed by atoms with Crippen LogP contribution in [0.4, 0.5) is 4.79 Å². The summed E-state index contributed by atoms with van der Waals surface area (Å²) in [6.45, 7) is 7.83. The van der Waals surface area contributed by atoms with Crippen molar-refractivity contribution in [3.05, 3.63) is 12.2 Å². The fourth-order valence-electron chi connectivity index (χ4n) is 1.39. The second kappa shape index (κ2) is 10.6. The lowest BCUT2D eigenvalue weighted by Gasteiger charge is -2.19. The van der Waals surface area contributed by atoms with E-state index in [1.54, 1.807) is 20.9 Å². The van der Waals surface area contributed by atoms with E-state index in [1.807, 2.05) is 13.8 Å². The number of carbonyl (C=O) groups is 3. The molecule has 0 saturated carbocycles. The number of hydrogen-bond acceptors (Lipinski definition) is 5. The SMILES string of the molecule is CC(C)NC(=O)N(C)CCCOC(=O)/C=C/C(=O)OC(C)C. The maximum absolute atomic E-state index is 11.6.